The van der Waals surface area contributed by atoms with Crippen molar-refractivity contribution in [1.82, 2.24) is 20.2 Å². The first-order chi connectivity index (χ1) is 21.1. The number of carbonyl (C=O) groups excluding carboxylic acids is 2. The Morgan fingerprint density at radius 1 is 1.11 bits per heavy atom. The van der Waals surface area contributed by atoms with Crippen LogP contribution in [0.25, 0.3) is 22.3 Å². The Bertz CT molecular complexity index is 1880. The van der Waals surface area contributed by atoms with Crippen LogP contribution in [0.2, 0.25) is 5.02 Å². The summed E-state index contributed by atoms with van der Waals surface area (Å²) >= 11 is 6.94. The lowest BCUT2D eigenvalue weighted by Crippen LogP contribution is -2.45. The fourth-order valence-electron chi connectivity index (χ4n) is 5.22. The Hall–Kier alpha value is -4.74. The number of piperidine rings is 1. The van der Waals surface area contributed by atoms with Gasteiger partial charge in [0.2, 0.25) is 5.91 Å². The molecule has 12 heteroatoms. The van der Waals surface area contributed by atoms with Crippen molar-refractivity contribution in [2.75, 3.05) is 19.0 Å². The zero-order chi connectivity index (χ0) is 31.5. The Morgan fingerprint density at radius 3 is 2.57 bits per heavy atom. The van der Waals surface area contributed by atoms with Crippen LogP contribution in [0.4, 0.5) is 10.1 Å². The molecular weight excluding hydrogens is 589 g/mol. The maximum absolute atomic E-state index is 15.5. The quantitative estimate of drug-likeness (QED) is 0.234. The van der Waals surface area contributed by atoms with Gasteiger partial charge in [-0.1, -0.05) is 41.9 Å². The van der Waals surface area contributed by atoms with Gasteiger partial charge in [0, 0.05) is 61.2 Å². The minimum absolute atomic E-state index is 0.0138. The molecule has 0 spiro atoms. The van der Waals surface area contributed by atoms with Crippen molar-refractivity contribution in [3.63, 3.8) is 0 Å². The molecule has 4 aromatic rings. The number of hydrogen-bond acceptors (Lipinski definition) is 6. The lowest BCUT2D eigenvalue weighted by Gasteiger charge is -2.24. The van der Waals surface area contributed by atoms with Crippen LogP contribution in [0.5, 0.6) is 5.75 Å². The number of benzene rings is 3. The van der Waals surface area contributed by atoms with E-state index >= 15 is 4.39 Å². The van der Waals surface area contributed by atoms with Gasteiger partial charge in [-0.25, -0.2) is 9.18 Å². The molecule has 1 atom stereocenters. The minimum atomic E-state index is -0.720. The van der Waals surface area contributed by atoms with Crippen molar-refractivity contribution in [1.29, 1.82) is 0 Å². The molecule has 4 N–H and O–H groups in total. The van der Waals surface area contributed by atoms with Crippen LogP contribution in [0.3, 0.4) is 0 Å². The number of nitrogens with one attached hydrogen (secondary N) is 4. The van der Waals surface area contributed by atoms with Gasteiger partial charge in [0.15, 0.2) is 0 Å². The second-order valence-corrected chi connectivity index (χ2v) is 10.9. The van der Waals surface area contributed by atoms with Crippen molar-refractivity contribution >= 4 is 29.1 Å². The first kappa shape index (κ1) is 30.7. The molecule has 228 valence electrons. The van der Waals surface area contributed by atoms with E-state index in [-0.39, 0.29) is 24.1 Å². The van der Waals surface area contributed by atoms with Crippen LogP contribution in [0.15, 0.2) is 64.3 Å². The zero-order valence-corrected chi connectivity index (χ0v) is 25.1. The summed E-state index contributed by atoms with van der Waals surface area (Å²) in [6.45, 7) is 2.52. The monoisotopic (exact) mass is 619 g/mol. The Balaban J connectivity index is 1.43. The van der Waals surface area contributed by atoms with E-state index in [1.807, 2.05) is 18.2 Å². The smallest absolute Gasteiger partial charge is 0.328 e. The number of aromatic nitrogens is 2. The first-order valence-corrected chi connectivity index (χ1v) is 14.3. The lowest BCUT2D eigenvalue weighted by atomic mass is 9.94. The van der Waals surface area contributed by atoms with Gasteiger partial charge in [0.25, 0.3) is 11.5 Å². The van der Waals surface area contributed by atoms with Gasteiger partial charge in [-0.3, -0.25) is 19.0 Å². The minimum Gasteiger partial charge on any atom is -0.496 e. The van der Waals surface area contributed by atoms with Gasteiger partial charge in [-0.2, -0.15) is 0 Å². The summed E-state index contributed by atoms with van der Waals surface area (Å²) in [5, 5.41) is 9.22. The van der Waals surface area contributed by atoms with Crippen molar-refractivity contribution < 1.29 is 18.7 Å². The van der Waals surface area contributed by atoms with Gasteiger partial charge in [-0.05, 0) is 48.2 Å². The third-order valence-electron chi connectivity index (χ3n) is 7.81. The average molecular weight is 620 g/mol. The number of methoxy groups -OCH3 is 1. The third-order valence-corrected chi connectivity index (χ3v) is 8.22. The van der Waals surface area contributed by atoms with E-state index in [0.717, 1.165) is 16.3 Å². The van der Waals surface area contributed by atoms with Gasteiger partial charge >= 0.3 is 5.69 Å². The van der Waals surface area contributed by atoms with Crippen LogP contribution >= 0.6 is 11.6 Å². The molecule has 1 fully saturated rings. The second kappa shape index (κ2) is 12.9. The molecule has 0 bridgehead atoms. The molecule has 0 aliphatic carbocycles. The number of H-pyrrole nitrogens is 1. The van der Waals surface area contributed by atoms with E-state index in [9.17, 15) is 19.2 Å². The Kier molecular flexibility index (Phi) is 8.98. The summed E-state index contributed by atoms with van der Waals surface area (Å²) in [7, 11) is 2.76. The molecule has 10 nitrogen and oxygen atoms in total. The largest absolute Gasteiger partial charge is 0.496 e. The highest BCUT2D eigenvalue weighted by Crippen LogP contribution is 2.40. The summed E-state index contributed by atoms with van der Waals surface area (Å²) in [6.07, 6.45) is 2.19. The molecule has 1 aliphatic heterocycles. The molecule has 1 saturated heterocycles. The molecule has 3 aromatic carbocycles. The first-order valence-electron chi connectivity index (χ1n) is 13.9. The lowest BCUT2D eigenvalue weighted by molar-refractivity contribution is -0.122. The van der Waals surface area contributed by atoms with Gasteiger partial charge < -0.3 is 25.7 Å². The molecule has 44 heavy (non-hydrogen) atoms. The highest BCUT2D eigenvalue weighted by atomic mass is 35.5. The van der Waals surface area contributed by atoms with E-state index in [1.165, 1.54) is 20.2 Å². The predicted octanol–water partition coefficient (Wildman–Crippen LogP) is 4.14. The highest BCUT2D eigenvalue weighted by molar-refractivity contribution is 6.36. The van der Waals surface area contributed by atoms with E-state index in [2.05, 4.69) is 20.9 Å². The third kappa shape index (κ3) is 6.15. The zero-order valence-electron chi connectivity index (χ0n) is 24.3. The number of ether oxygens (including phenoxy) is 1. The van der Waals surface area contributed by atoms with Gasteiger partial charge in [0.1, 0.15) is 17.1 Å². The number of nitrogens with zero attached hydrogens (tertiary/aromatic N) is 1. The summed E-state index contributed by atoms with van der Waals surface area (Å²) < 4.78 is 21.9. The fraction of sp³-hybridized carbons (Fsp3) is 0.250. The SMILES string of the molecule is COc1cc(-c2cccc(-c3cccc(NC(=O)c4c[nH]c(=O)n(C)c4=O)c3C)c2Cl)cc(F)c1CN[C@H]1CCC(=O)NC1. The topological polar surface area (TPSA) is 134 Å². The van der Waals surface area contributed by atoms with Crippen LogP contribution in [-0.4, -0.2) is 41.1 Å². The molecule has 1 aromatic heterocycles. The summed E-state index contributed by atoms with van der Waals surface area (Å²) in [4.78, 5) is 50.9. The van der Waals surface area contributed by atoms with Crippen LogP contribution in [0, 0.1) is 12.7 Å². The number of rotatable bonds is 8. The molecular formula is C32H31ClFN5O5. The molecule has 1 aliphatic rings. The number of anilines is 1. The second-order valence-electron chi connectivity index (χ2n) is 10.5. The molecule has 0 unspecified atom stereocenters. The van der Waals surface area contributed by atoms with E-state index in [4.69, 9.17) is 16.3 Å². The summed E-state index contributed by atoms with van der Waals surface area (Å²) in [5.74, 6) is -0.752. The number of aromatic amines is 1. The molecule has 5 rings (SSSR count). The van der Waals surface area contributed by atoms with E-state index < -0.39 is 23.0 Å². The van der Waals surface area contributed by atoms with E-state index in [1.54, 1.807) is 31.2 Å². The standard InChI is InChI=1S/C32H31ClFN5O5/c1-17-20(6-5-9-26(17)38-30(41)24-16-37-32(43)39(2)31(24)42)22-8-4-7-21(29(22)33)18-12-25(34)23(27(13-18)44-3)15-35-19-10-11-28(40)36-14-19/h4-9,12-13,16,19,35H,10-11,14-15H2,1-3H3,(H,36,40)(H,37,43)(H,38,41)/t19-/m0/s1. The number of halogens is 2. The van der Waals surface area contributed by atoms with Crippen molar-refractivity contribution in [3.05, 3.63) is 103 Å². The molecule has 0 saturated carbocycles. The molecule has 2 amide bonds. The number of hydrogen-bond donors (Lipinski definition) is 4. The maximum atomic E-state index is 15.5. The van der Waals surface area contributed by atoms with Crippen molar-refractivity contribution in [3.8, 4) is 28.0 Å². The van der Waals surface area contributed by atoms with E-state index in [0.29, 0.717) is 63.7 Å². The summed E-state index contributed by atoms with van der Waals surface area (Å²) in [5.41, 5.74) is 2.43. The maximum Gasteiger partial charge on any atom is 0.328 e. The summed E-state index contributed by atoms with van der Waals surface area (Å²) in [6, 6.07) is 13.9. The van der Waals surface area contributed by atoms with Crippen molar-refractivity contribution in [2.45, 2.75) is 32.4 Å². The Morgan fingerprint density at radius 2 is 1.84 bits per heavy atom. The highest BCUT2D eigenvalue weighted by Gasteiger charge is 2.21. The number of carbonyl (C=O) groups is 2. The van der Waals surface area contributed by atoms with Crippen molar-refractivity contribution in [2.24, 2.45) is 7.05 Å². The van der Waals surface area contributed by atoms with Crippen LogP contribution in [-0.2, 0) is 18.4 Å². The fourth-order valence-corrected chi connectivity index (χ4v) is 5.55. The van der Waals surface area contributed by atoms with Gasteiger partial charge in [-0.15, -0.1) is 0 Å². The average Bonchev–Trinajstić information content (AvgIpc) is 3.01. The Labute approximate surface area is 257 Å². The number of amides is 2. The van der Waals surface area contributed by atoms with Crippen LogP contribution in [0.1, 0.15) is 34.3 Å². The predicted molar refractivity (Wildman–Crippen MR) is 167 cm³/mol. The normalized spacial score (nSPS) is 14.7. The molecule has 0 radical (unpaired) electrons. The van der Waals surface area contributed by atoms with Crippen LogP contribution < -0.4 is 31.9 Å². The van der Waals surface area contributed by atoms with Gasteiger partial charge in [0.05, 0.1) is 12.1 Å². The molecule has 2 heterocycles.